The van der Waals surface area contributed by atoms with Crippen molar-refractivity contribution in [3.05, 3.63) is 64.3 Å². The van der Waals surface area contributed by atoms with Gasteiger partial charge in [0.25, 0.3) is 0 Å². The third-order valence-electron chi connectivity index (χ3n) is 3.36. The Morgan fingerprint density at radius 3 is 2.65 bits per heavy atom. The predicted molar refractivity (Wildman–Crippen MR) is 85.4 cm³/mol. The zero-order valence-electron chi connectivity index (χ0n) is 13.0. The molecule has 2 heterocycles. The molecule has 1 aromatic carbocycles. The largest absolute Gasteiger partial charge is 0.492 e. The first-order valence-corrected chi connectivity index (χ1v) is 7.32. The van der Waals surface area contributed by atoms with Crippen molar-refractivity contribution in [1.29, 1.82) is 0 Å². The van der Waals surface area contributed by atoms with E-state index in [1.165, 1.54) is 4.57 Å². The van der Waals surface area contributed by atoms with Crippen LogP contribution in [0.5, 0.6) is 5.75 Å². The summed E-state index contributed by atoms with van der Waals surface area (Å²) in [4.78, 5) is 16.0. The maximum atomic E-state index is 11.8. The van der Waals surface area contributed by atoms with E-state index in [9.17, 15) is 4.79 Å². The van der Waals surface area contributed by atoms with Crippen molar-refractivity contribution in [2.24, 2.45) is 0 Å². The maximum absolute atomic E-state index is 11.8. The monoisotopic (exact) mass is 311 g/mol. The van der Waals surface area contributed by atoms with Gasteiger partial charge in [-0.25, -0.2) is 4.79 Å². The Hall–Kier alpha value is -2.89. The number of rotatable bonds is 5. The molecule has 0 N–H and O–H groups in total. The van der Waals surface area contributed by atoms with E-state index in [-0.39, 0.29) is 0 Å². The first kappa shape index (κ1) is 15.0. The quantitative estimate of drug-likeness (QED) is 0.724. The molecule has 0 unspecified atom stereocenters. The van der Waals surface area contributed by atoms with Crippen LogP contribution in [0.4, 0.5) is 0 Å². The molecule has 6 heteroatoms. The van der Waals surface area contributed by atoms with Gasteiger partial charge >= 0.3 is 5.76 Å². The number of hydrogen-bond donors (Lipinski definition) is 0. The molecule has 118 valence electrons. The smallest absolute Gasteiger partial charge is 0.442 e. The first-order valence-electron chi connectivity index (χ1n) is 7.32. The molecule has 0 aliphatic carbocycles. The Labute approximate surface area is 133 Å². The molecular formula is C17H17N3O3. The molecule has 3 rings (SSSR count). The fourth-order valence-corrected chi connectivity index (χ4v) is 2.42. The topological polar surface area (TPSA) is 70.2 Å². The molecule has 0 amide bonds. The van der Waals surface area contributed by atoms with E-state index in [1.807, 2.05) is 32.0 Å². The average molecular weight is 311 g/mol. The lowest BCUT2D eigenvalue weighted by Crippen LogP contribution is -2.20. The Morgan fingerprint density at radius 1 is 1.17 bits per heavy atom. The summed E-state index contributed by atoms with van der Waals surface area (Å²) in [6.07, 6.45) is 1.64. The van der Waals surface area contributed by atoms with Crippen LogP contribution in [0.15, 0.2) is 51.9 Å². The number of aromatic nitrogens is 3. The van der Waals surface area contributed by atoms with Crippen LogP contribution in [0.2, 0.25) is 0 Å². The van der Waals surface area contributed by atoms with Gasteiger partial charge in [0, 0.05) is 6.20 Å². The van der Waals surface area contributed by atoms with Gasteiger partial charge in [-0.2, -0.15) is 0 Å². The lowest BCUT2D eigenvalue weighted by Gasteiger charge is -2.09. The maximum Gasteiger partial charge on any atom is 0.442 e. The van der Waals surface area contributed by atoms with Crippen LogP contribution in [0.25, 0.3) is 11.5 Å². The summed E-state index contributed by atoms with van der Waals surface area (Å²) in [6.45, 7) is 4.71. The molecular weight excluding hydrogens is 294 g/mol. The van der Waals surface area contributed by atoms with E-state index >= 15 is 0 Å². The Morgan fingerprint density at radius 2 is 1.96 bits per heavy atom. The third kappa shape index (κ3) is 3.48. The molecule has 23 heavy (non-hydrogen) atoms. The number of pyridine rings is 1. The lowest BCUT2D eigenvalue weighted by atomic mass is 10.1. The minimum atomic E-state index is -0.519. The van der Waals surface area contributed by atoms with Gasteiger partial charge in [0.1, 0.15) is 18.1 Å². The number of aryl methyl sites for hydroxylation is 2. The van der Waals surface area contributed by atoms with E-state index < -0.39 is 5.76 Å². The number of ether oxygens (including phenoxy) is 1. The fourth-order valence-electron chi connectivity index (χ4n) is 2.42. The van der Waals surface area contributed by atoms with Crippen molar-refractivity contribution in [1.82, 2.24) is 14.7 Å². The van der Waals surface area contributed by atoms with Crippen molar-refractivity contribution in [3.8, 4) is 17.3 Å². The van der Waals surface area contributed by atoms with Gasteiger partial charge in [0.2, 0.25) is 5.82 Å². The molecule has 0 fully saturated rings. The molecule has 0 aliphatic rings. The van der Waals surface area contributed by atoms with E-state index in [0.717, 1.165) is 16.9 Å². The van der Waals surface area contributed by atoms with Crippen molar-refractivity contribution in [2.75, 3.05) is 6.61 Å². The summed E-state index contributed by atoms with van der Waals surface area (Å²) >= 11 is 0. The predicted octanol–water partition coefficient (Wildman–Crippen LogP) is 2.59. The molecule has 0 atom stereocenters. The number of benzene rings is 1. The van der Waals surface area contributed by atoms with Crippen LogP contribution in [-0.4, -0.2) is 21.3 Å². The minimum Gasteiger partial charge on any atom is -0.492 e. The summed E-state index contributed by atoms with van der Waals surface area (Å²) < 4.78 is 11.9. The molecule has 2 aromatic heterocycles. The minimum absolute atomic E-state index is 0.335. The van der Waals surface area contributed by atoms with Crippen LogP contribution in [0.1, 0.15) is 11.1 Å². The molecule has 3 aromatic rings. The van der Waals surface area contributed by atoms with E-state index in [4.69, 9.17) is 9.26 Å². The van der Waals surface area contributed by atoms with E-state index in [1.54, 1.807) is 18.3 Å². The van der Waals surface area contributed by atoms with Crippen LogP contribution in [0.3, 0.4) is 0 Å². The van der Waals surface area contributed by atoms with Gasteiger partial charge < -0.3 is 4.74 Å². The zero-order valence-corrected chi connectivity index (χ0v) is 13.0. The highest BCUT2D eigenvalue weighted by molar-refractivity contribution is 5.47. The van der Waals surface area contributed by atoms with Crippen LogP contribution >= 0.6 is 0 Å². The van der Waals surface area contributed by atoms with Gasteiger partial charge in [-0.3, -0.25) is 14.1 Å². The number of hydrogen-bond acceptors (Lipinski definition) is 5. The van der Waals surface area contributed by atoms with Gasteiger partial charge in [-0.05, 0) is 49.2 Å². The molecule has 0 radical (unpaired) electrons. The van der Waals surface area contributed by atoms with Gasteiger partial charge in [-0.1, -0.05) is 17.3 Å². The molecule has 0 bridgehead atoms. The SMILES string of the molecule is Cc1cc(C)cc(OCCn2c(-c3ccccn3)noc2=O)c1. The van der Waals surface area contributed by atoms with Crippen molar-refractivity contribution < 1.29 is 9.26 Å². The standard InChI is InChI=1S/C17H17N3O3/c1-12-9-13(2)11-14(10-12)22-8-7-20-16(19-23-17(20)21)15-5-3-4-6-18-15/h3-6,9-11H,7-8H2,1-2H3. The van der Waals surface area contributed by atoms with Crippen molar-refractivity contribution in [3.63, 3.8) is 0 Å². The summed E-state index contributed by atoms with van der Waals surface area (Å²) in [7, 11) is 0. The fraction of sp³-hybridized carbons (Fsp3) is 0.235. The van der Waals surface area contributed by atoms with Crippen LogP contribution in [0, 0.1) is 13.8 Å². The molecule has 0 aliphatic heterocycles. The summed E-state index contributed by atoms with van der Waals surface area (Å²) in [6, 6.07) is 11.4. The van der Waals surface area contributed by atoms with Crippen molar-refractivity contribution >= 4 is 0 Å². The first-order chi connectivity index (χ1) is 11.1. The highest BCUT2D eigenvalue weighted by Crippen LogP contribution is 2.16. The Bertz CT molecular complexity index is 833. The summed E-state index contributed by atoms with van der Waals surface area (Å²) in [5, 5.41) is 3.80. The van der Waals surface area contributed by atoms with Crippen molar-refractivity contribution in [2.45, 2.75) is 20.4 Å². The van der Waals surface area contributed by atoms with Gasteiger partial charge in [-0.15, -0.1) is 0 Å². The zero-order chi connectivity index (χ0) is 16.2. The molecule has 0 spiro atoms. The molecule has 6 nitrogen and oxygen atoms in total. The van der Waals surface area contributed by atoms with Gasteiger partial charge in [0.05, 0.1) is 6.54 Å². The van der Waals surface area contributed by atoms with Gasteiger partial charge in [0.15, 0.2) is 0 Å². The highest BCUT2D eigenvalue weighted by atomic mass is 16.5. The van der Waals surface area contributed by atoms with Crippen LogP contribution < -0.4 is 10.5 Å². The van der Waals surface area contributed by atoms with E-state index in [2.05, 4.69) is 16.2 Å². The molecule has 0 saturated carbocycles. The van der Waals surface area contributed by atoms with E-state index in [0.29, 0.717) is 24.7 Å². The summed E-state index contributed by atoms with van der Waals surface area (Å²) in [5.41, 5.74) is 2.86. The number of nitrogens with zero attached hydrogens (tertiary/aromatic N) is 3. The average Bonchev–Trinajstić information content (AvgIpc) is 2.88. The second-order valence-corrected chi connectivity index (χ2v) is 5.31. The Kier molecular flexibility index (Phi) is 4.23. The second kappa shape index (κ2) is 6.48. The Balaban J connectivity index is 1.74. The lowest BCUT2D eigenvalue weighted by molar-refractivity contribution is 0.290. The van der Waals surface area contributed by atoms with Crippen LogP contribution in [-0.2, 0) is 6.54 Å². The normalized spacial score (nSPS) is 10.7. The summed E-state index contributed by atoms with van der Waals surface area (Å²) in [5.74, 6) is 0.667. The molecule has 0 saturated heterocycles. The second-order valence-electron chi connectivity index (χ2n) is 5.31. The third-order valence-corrected chi connectivity index (χ3v) is 3.36. The highest BCUT2D eigenvalue weighted by Gasteiger charge is 2.13.